The third-order valence-corrected chi connectivity index (χ3v) is 3.78. The van der Waals surface area contributed by atoms with Gasteiger partial charge in [0.1, 0.15) is 5.75 Å². The minimum atomic E-state index is 0.199. The van der Waals surface area contributed by atoms with E-state index < -0.39 is 0 Å². The van der Waals surface area contributed by atoms with Gasteiger partial charge in [-0.05, 0) is 36.8 Å². The van der Waals surface area contributed by atoms with Gasteiger partial charge in [-0.25, -0.2) is 0 Å². The zero-order valence-corrected chi connectivity index (χ0v) is 10.4. The average Bonchev–Trinajstić information content (AvgIpc) is 3.18. The van der Waals surface area contributed by atoms with Crippen LogP contribution in [0.4, 0.5) is 0 Å². The van der Waals surface area contributed by atoms with Crippen LogP contribution in [0.1, 0.15) is 43.5 Å². The molecule has 0 radical (unpaired) electrons. The number of Topliss-reactive ketones (excluding diaryl/α,β-unsaturated/α-hetero) is 1. The highest BCUT2D eigenvalue weighted by Gasteiger charge is 2.50. The van der Waals surface area contributed by atoms with E-state index in [0.717, 1.165) is 30.6 Å². The van der Waals surface area contributed by atoms with Gasteiger partial charge < -0.3 is 4.74 Å². The zero-order chi connectivity index (χ0) is 12.0. The lowest BCUT2D eigenvalue weighted by Crippen LogP contribution is -2.07. The summed E-state index contributed by atoms with van der Waals surface area (Å²) in [6, 6.07) is 7.65. The first-order valence-corrected chi connectivity index (χ1v) is 6.37. The first-order chi connectivity index (χ1) is 8.06. The van der Waals surface area contributed by atoms with Crippen molar-refractivity contribution < 1.29 is 9.53 Å². The van der Waals surface area contributed by atoms with E-state index in [1.807, 2.05) is 24.3 Å². The molecule has 2 aliphatic carbocycles. The summed E-state index contributed by atoms with van der Waals surface area (Å²) in [4.78, 5) is 12.2. The normalized spacial score (nSPS) is 25.4. The van der Waals surface area contributed by atoms with Crippen molar-refractivity contribution in [3.8, 4) is 5.75 Å². The Morgan fingerprint density at radius 3 is 2.65 bits per heavy atom. The summed E-state index contributed by atoms with van der Waals surface area (Å²) < 4.78 is 5.72. The molecule has 2 saturated carbocycles. The molecule has 0 N–H and O–H groups in total. The van der Waals surface area contributed by atoms with E-state index in [2.05, 4.69) is 13.8 Å². The Morgan fingerprint density at radius 1 is 1.35 bits per heavy atom. The number of carbonyl (C=O) groups is 1. The molecule has 2 heteroatoms. The summed E-state index contributed by atoms with van der Waals surface area (Å²) >= 11 is 0. The zero-order valence-electron chi connectivity index (χ0n) is 10.4. The Balaban J connectivity index is 1.75. The van der Waals surface area contributed by atoms with Crippen LogP contribution >= 0.6 is 0 Å². The number of carbonyl (C=O) groups excluding carboxylic acids is 1. The van der Waals surface area contributed by atoms with Crippen molar-refractivity contribution in [2.24, 2.45) is 11.3 Å². The highest BCUT2D eigenvalue weighted by Crippen LogP contribution is 2.53. The molecular formula is C15H18O2. The monoisotopic (exact) mass is 230 g/mol. The highest BCUT2D eigenvalue weighted by atomic mass is 16.5. The second-order valence-electron chi connectivity index (χ2n) is 5.95. The predicted octanol–water partition coefficient (Wildman–Crippen LogP) is 3.46. The van der Waals surface area contributed by atoms with Crippen molar-refractivity contribution in [1.82, 2.24) is 0 Å². The molecular weight excluding hydrogens is 212 g/mol. The van der Waals surface area contributed by atoms with E-state index in [0.29, 0.717) is 6.10 Å². The molecule has 1 aromatic carbocycles. The van der Waals surface area contributed by atoms with E-state index in [1.54, 1.807) is 0 Å². The molecule has 17 heavy (non-hydrogen) atoms. The summed E-state index contributed by atoms with van der Waals surface area (Å²) in [5, 5.41) is 0. The Kier molecular flexibility index (Phi) is 2.29. The Morgan fingerprint density at radius 2 is 2.06 bits per heavy atom. The van der Waals surface area contributed by atoms with E-state index in [-0.39, 0.29) is 17.1 Å². The van der Waals surface area contributed by atoms with E-state index >= 15 is 0 Å². The number of hydrogen-bond acceptors (Lipinski definition) is 2. The molecule has 0 amide bonds. The second kappa shape index (κ2) is 3.59. The number of rotatable bonds is 4. The van der Waals surface area contributed by atoms with Gasteiger partial charge in [0.25, 0.3) is 0 Å². The lowest BCUT2D eigenvalue weighted by molar-refractivity contribution is 0.0952. The van der Waals surface area contributed by atoms with Crippen molar-refractivity contribution in [2.45, 2.75) is 39.2 Å². The topological polar surface area (TPSA) is 26.3 Å². The minimum absolute atomic E-state index is 0.199. The Labute approximate surface area is 102 Å². The summed E-state index contributed by atoms with van der Waals surface area (Å²) in [5.74, 6) is 1.33. The number of ether oxygens (including phenoxy) is 1. The lowest BCUT2D eigenvalue weighted by atomic mass is 10.0. The van der Waals surface area contributed by atoms with Gasteiger partial charge in [0.15, 0.2) is 5.78 Å². The predicted molar refractivity (Wildman–Crippen MR) is 66.3 cm³/mol. The standard InChI is InChI=1S/C15H18O2/c1-15(2)9-13(15)14(16)10-4-3-5-12(8-10)17-11-6-7-11/h3-5,8,11,13H,6-7,9H2,1-2H3. The van der Waals surface area contributed by atoms with Crippen molar-refractivity contribution in [2.75, 3.05) is 0 Å². The van der Waals surface area contributed by atoms with Gasteiger partial charge >= 0.3 is 0 Å². The van der Waals surface area contributed by atoms with Gasteiger partial charge in [0, 0.05) is 11.5 Å². The molecule has 0 spiro atoms. The van der Waals surface area contributed by atoms with Crippen LogP contribution in [0.15, 0.2) is 24.3 Å². The quantitative estimate of drug-likeness (QED) is 0.740. The van der Waals surface area contributed by atoms with Crippen LogP contribution in [0.25, 0.3) is 0 Å². The van der Waals surface area contributed by atoms with Crippen LogP contribution in [-0.2, 0) is 0 Å². The molecule has 2 fully saturated rings. The largest absolute Gasteiger partial charge is 0.490 e. The van der Waals surface area contributed by atoms with Gasteiger partial charge in [-0.15, -0.1) is 0 Å². The maximum Gasteiger partial charge on any atom is 0.166 e. The lowest BCUT2D eigenvalue weighted by Gasteiger charge is -2.07. The Hall–Kier alpha value is -1.31. The second-order valence-corrected chi connectivity index (χ2v) is 5.95. The summed E-state index contributed by atoms with van der Waals surface area (Å²) in [6.07, 6.45) is 3.69. The van der Waals surface area contributed by atoms with Gasteiger partial charge in [-0.3, -0.25) is 4.79 Å². The fourth-order valence-corrected chi connectivity index (χ4v) is 2.22. The summed E-state index contributed by atoms with van der Waals surface area (Å²) in [5.41, 5.74) is 1.00. The molecule has 0 heterocycles. The summed E-state index contributed by atoms with van der Waals surface area (Å²) in [7, 11) is 0. The molecule has 0 saturated heterocycles. The maximum atomic E-state index is 12.2. The van der Waals surface area contributed by atoms with Crippen LogP contribution < -0.4 is 4.74 Å². The smallest absolute Gasteiger partial charge is 0.166 e. The minimum Gasteiger partial charge on any atom is -0.490 e. The number of hydrogen-bond donors (Lipinski definition) is 0. The van der Waals surface area contributed by atoms with Gasteiger partial charge in [-0.2, -0.15) is 0 Å². The first-order valence-electron chi connectivity index (χ1n) is 6.37. The molecule has 0 bridgehead atoms. The van der Waals surface area contributed by atoms with Crippen molar-refractivity contribution >= 4 is 5.78 Å². The molecule has 1 atom stereocenters. The number of ketones is 1. The molecule has 0 aromatic heterocycles. The maximum absolute atomic E-state index is 12.2. The van der Waals surface area contributed by atoms with E-state index in [1.165, 1.54) is 0 Å². The van der Waals surface area contributed by atoms with Crippen LogP contribution in [0.3, 0.4) is 0 Å². The Bertz CT molecular complexity index is 458. The highest BCUT2D eigenvalue weighted by molar-refractivity contribution is 6.00. The van der Waals surface area contributed by atoms with Crippen LogP contribution in [0, 0.1) is 11.3 Å². The molecule has 1 unspecified atom stereocenters. The molecule has 1 aromatic rings. The van der Waals surface area contributed by atoms with E-state index in [4.69, 9.17) is 4.74 Å². The van der Waals surface area contributed by atoms with Gasteiger partial charge in [-0.1, -0.05) is 26.0 Å². The summed E-state index contributed by atoms with van der Waals surface area (Å²) in [6.45, 7) is 4.31. The molecule has 2 nitrogen and oxygen atoms in total. The molecule has 3 rings (SSSR count). The fraction of sp³-hybridized carbons (Fsp3) is 0.533. The SMILES string of the molecule is CC1(C)CC1C(=O)c1cccc(OC2CC2)c1. The third-order valence-electron chi connectivity index (χ3n) is 3.78. The van der Waals surface area contributed by atoms with Gasteiger partial charge in [0.05, 0.1) is 6.10 Å². The van der Waals surface area contributed by atoms with Crippen LogP contribution in [0.2, 0.25) is 0 Å². The first kappa shape index (κ1) is 10.8. The molecule has 90 valence electrons. The third kappa shape index (κ3) is 2.21. The average molecular weight is 230 g/mol. The van der Waals surface area contributed by atoms with Crippen molar-refractivity contribution in [3.05, 3.63) is 29.8 Å². The molecule has 2 aliphatic rings. The molecule has 0 aliphatic heterocycles. The van der Waals surface area contributed by atoms with Crippen molar-refractivity contribution in [1.29, 1.82) is 0 Å². The van der Waals surface area contributed by atoms with Crippen LogP contribution in [-0.4, -0.2) is 11.9 Å². The van der Waals surface area contributed by atoms with Gasteiger partial charge in [0.2, 0.25) is 0 Å². The van der Waals surface area contributed by atoms with Crippen LogP contribution in [0.5, 0.6) is 5.75 Å². The van der Waals surface area contributed by atoms with E-state index in [9.17, 15) is 4.79 Å². The number of benzene rings is 1. The fourth-order valence-electron chi connectivity index (χ4n) is 2.22. The van der Waals surface area contributed by atoms with Crippen molar-refractivity contribution in [3.63, 3.8) is 0 Å².